The third kappa shape index (κ3) is 3.47. The lowest BCUT2D eigenvalue weighted by Gasteiger charge is -2.25. The number of aromatic nitrogens is 2. The monoisotopic (exact) mass is 340 g/mol. The average Bonchev–Trinajstić information content (AvgIpc) is 3.11. The van der Waals surface area contributed by atoms with Crippen molar-refractivity contribution in [2.24, 2.45) is 7.05 Å². The minimum absolute atomic E-state index is 0.0544. The van der Waals surface area contributed by atoms with Gasteiger partial charge in [0.1, 0.15) is 0 Å². The Bertz CT molecular complexity index is 778. The summed E-state index contributed by atoms with van der Waals surface area (Å²) in [6, 6.07) is 8.44. The van der Waals surface area contributed by atoms with Gasteiger partial charge >= 0.3 is 0 Å². The molecule has 0 N–H and O–H groups in total. The van der Waals surface area contributed by atoms with E-state index in [0.29, 0.717) is 6.04 Å². The van der Waals surface area contributed by atoms with Crippen molar-refractivity contribution in [3.63, 3.8) is 0 Å². The fourth-order valence-electron chi connectivity index (χ4n) is 3.91. The Kier molecular flexibility index (Phi) is 4.95. The van der Waals surface area contributed by atoms with Crippen molar-refractivity contribution in [2.45, 2.75) is 39.3 Å². The molecule has 1 fully saturated rings. The second-order valence-electron chi connectivity index (χ2n) is 7.24. The summed E-state index contributed by atoms with van der Waals surface area (Å²) < 4.78 is 1.98. The number of hydrogen-bond acceptors (Lipinski definition) is 3. The Labute approximate surface area is 150 Å². The molecule has 0 spiro atoms. The number of rotatable bonds is 4. The van der Waals surface area contributed by atoms with Gasteiger partial charge in [0.05, 0.1) is 5.69 Å². The van der Waals surface area contributed by atoms with Gasteiger partial charge < -0.3 is 4.90 Å². The van der Waals surface area contributed by atoms with Crippen LogP contribution in [0.5, 0.6) is 0 Å². The van der Waals surface area contributed by atoms with Gasteiger partial charge in [0.15, 0.2) is 0 Å². The van der Waals surface area contributed by atoms with Crippen molar-refractivity contribution >= 4 is 5.91 Å². The van der Waals surface area contributed by atoms with Gasteiger partial charge in [-0.1, -0.05) is 12.1 Å². The van der Waals surface area contributed by atoms with Crippen LogP contribution in [0.1, 0.15) is 51.8 Å². The van der Waals surface area contributed by atoms with E-state index in [0.717, 1.165) is 24.3 Å². The lowest BCUT2D eigenvalue weighted by Crippen LogP contribution is -2.24. The number of likely N-dealkylation sites (tertiary alicyclic amines) is 1. The molecule has 1 atom stereocenters. The standard InChI is InChI=1S/C20H28N4O/c1-14-19(15(2)23(5)21-14)18-10-7-11-24(18)13-16-8-6-9-17(12-16)20(25)22(3)4/h6,8-9,12,18H,7,10-11,13H2,1-5H3/t18-/m0/s1. The fraction of sp³-hybridized carbons (Fsp3) is 0.500. The summed E-state index contributed by atoms with van der Waals surface area (Å²) in [5, 5.41) is 4.59. The number of aryl methyl sites for hydroxylation is 2. The topological polar surface area (TPSA) is 41.4 Å². The quantitative estimate of drug-likeness (QED) is 0.859. The zero-order valence-electron chi connectivity index (χ0n) is 15.9. The molecule has 1 amide bonds. The van der Waals surface area contributed by atoms with E-state index in [-0.39, 0.29) is 5.91 Å². The van der Waals surface area contributed by atoms with Crippen molar-refractivity contribution in [1.82, 2.24) is 19.6 Å². The maximum Gasteiger partial charge on any atom is 0.253 e. The summed E-state index contributed by atoms with van der Waals surface area (Å²) in [5.74, 6) is 0.0544. The molecule has 0 unspecified atom stereocenters. The second kappa shape index (κ2) is 7.00. The molecule has 1 aliphatic rings. The number of nitrogens with zero attached hydrogens (tertiary/aromatic N) is 4. The van der Waals surface area contributed by atoms with Crippen LogP contribution in [0.4, 0.5) is 0 Å². The molecule has 0 bridgehead atoms. The van der Waals surface area contributed by atoms with Crippen molar-refractivity contribution in [1.29, 1.82) is 0 Å². The summed E-state index contributed by atoms with van der Waals surface area (Å²) in [4.78, 5) is 16.4. The number of benzene rings is 1. The van der Waals surface area contributed by atoms with Crippen LogP contribution < -0.4 is 0 Å². The van der Waals surface area contributed by atoms with Gasteiger partial charge in [0.2, 0.25) is 0 Å². The van der Waals surface area contributed by atoms with E-state index in [1.807, 2.05) is 29.9 Å². The van der Waals surface area contributed by atoms with E-state index < -0.39 is 0 Å². The van der Waals surface area contributed by atoms with Crippen molar-refractivity contribution in [2.75, 3.05) is 20.6 Å². The first-order valence-electron chi connectivity index (χ1n) is 8.93. The van der Waals surface area contributed by atoms with Gasteiger partial charge in [0, 0.05) is 50.6 Å². The molecule has 25 heavy (non-hydrogen) atoms. The molecule has 1 aliphatic heterocycles. The third-order valence-corrected chi connectivity index (χ3v) is 5.23. The predicted octanol–water partition coefficient (Wildman–Crippen LogP) is 3.08. The molecule has 0 aliphatic carbocycles. The highest BCUT2D eigenvalue weighted by molar-refractivity contribution is 5.94. The van der Waals surface area contributed by atoms with Crippen LogP contribution in [0.3, 0.4) is 0 Å². The minimum Gasteiger partial charge on any atom is -0.345 e. The van der Waals surface area contributed by atoms with E-state index in [4.69, 9.17) is 0 Å². The highest BCUT2D eigenvalue weighted by atomic mass is 16.2. The van der Waals surface area contributed by atoms with Crippen LogP contribution in [0.25, 0.3) is 0 Å². The van der Waals surface area contributed by atoms with Gasteiger partial charge in [-0.3, -0.25) is 14.4 Å². The van der Waals surface area contributed by atoms with E-state index in [2.05, 4.69) is 29.9 Å². The number of amides is 1. The summed E-state index contributed by atoms with van der Waals surface area (Å²) in [7, 11) is 5.60. The van der Waals surface area contributed by atoms with Crippen LogP contribution in [-0.2, 0) is 13.6 Å². The number of carbonyl (C=O) groups excluding carboxylic acids is 1. The van der Waals surface area contributed by atoms with Gasteiger partial charge in [0.25, 0.3) is 5.91 Å². The Morgan fingerprint density at radius 1 is 1.32 bits per heavy atom. The summed E-state index contributed by atoms with van der Waals surface area (Å²) in [6.45, 7) is 6.22. The molecule has 1 aromatic carbocycles. The Hall–Kier alpha value is -2.14. The number of carbonyl (C=O) groups is 1. The van der Waals surface area contributed by atoms with Gasteiger partial charge in [-0.05, 0) is 50.9 Å². The normalized spacial score (nSPS) is 17.9. The van der Waals surface area contributed by atoms with E-state index >= 15 is 0 Å². The minimum atomic E-state index is 0.0544. The third-order valence-electron chi connectivity index (χ3n) is 5.23. The van der Waals surface area contributed by atoms with Crippen LogP contribution >= 0.6 is 0 Å². The molecule has 1 saturated heterocycles. The summed E-state index contributed by atoms with van der Waals surface area (Å²) in [5.41, 5.74) is 5.71. The predicted molar refractivity (Wildman–Crippen MR) is 99.5 cm³/mol. The van der Waals surface area contributed by atoms with Crippen LogP contribution in [0.2, 0.25) is 0 Å². The maximum atomic E-state index is 12.2. The first-order valence-corrected chi connectivity index (χ1v) is 8.93. The zero-order valence-corrected chi connectivity index (χ0v) is 15.9. The first kappa shape index (κ1) is 17.7. The average molecular weight is 340 g/mol. The smallest absolute Gasteiger partial charge is 0.253 e. The zero-order chi connectivity index (χ0) is 18.1. The molecular formula is C20H28N4O. The highest BCUT2D eigenvalue weighted by Crippen LogP contribution is 2.36. The molecule has 3 rings (SSSR count). The SMILES string of the molecule is Cc1nn(C)c(C)c1[C@@H]1CCCN1Cc1cccc(C(=O)N(C)C)c1. The lowest BCUT2D eigenvalue weighted by molar-refractivity contribution is 0.0827. The van der Waals surface area contributed by atoms with Crippen molar-refractivity contribution in [3.05, 3.63) is 52.3 Å². The summed E-state index contributed by atoms with van der Waals surface area (Å²) >= 11 is 0. The molecule has 2 aromatic rings. The molecule has 5 nitrogen and oxygen atoms in total. The molecule has 2 heterocycles. The highest BCUT2D eigenvalue weighted by Gasteiger charge is 2.30. The van der Waals surface area contributed by atoms with Crippen LogP contribution in [0.15, 0.2) is 24.3 Å². The maximum absolute atomic E-state index is 12.2. The molecule has 0 saturated carbocycles. The van der Waals surface area contributed by atoms with E-state index in [1.165, 1.54) is 29.7 Å². The van der Waals surface area contributed by atoms with Crippen molar-refractivity contribution in [3.8, 4) is 0 Å². The van der Waals surface area contributed by atoms with E-state index in [9.17, 15) is 4.79 Å². The largest absolute Gasteiger partial charge is 0.345 e. The Morgan fingerprint density at radius 2 is 2.08 bits per heavy atom. The summed E-state index contributed by atoms with van der Waals surface area (Å²) in [6.07, 6.45) is 2.37. The Morgan fingerprint density at radius 3 is 2.72 bits per heavy atom. The molecule has 1 aromatic heterocycles. The molecular weight excluding hydrogens is 312 g/mol. The Balaban J connectivity index is 1.83. The molecule has 0 radical (unpaired) electrons. The fourth-order valence-corrected chi connectivity index (χ4v) is 3.91. The van der Waals surface area contributed by atoms with Crippen LogP contribution in [0, 0.1) is 13.8 Å². The van der Waals surface area contributed by atoms with E-state index in [1.54, 1.807) is 19.0 Å². The van der Waals surface area contributed by atoms with Crippen molar-refractivity contribution < 1.29 is 4.79 Å². The molecule has 5 heteroatoms. The molecule has 134 valence electrons. The van der Waals surface area contributed by atoms with Gasteiger partial charge in [-0.2, -0.15) is 5.10 Å². The van der Waals surface area contributed by atoms with Crippen LogP contribution in [-0.4, -0.2) is 46.1 Å². The lowest BCUT2D eigenvalue weighted by atomic mass is 10.0. The van der Waals surface area contributed by atoms with Gasteiger partial charge in [-0.25, -0.2) is 0 Å². The number of hydrogen-bond donors (Lipinski definition) is 0. The first-order chi connectivity index (χ1) is 11.9. The second-order valence-corrected chi connectivity index (χ2v) is 7.24. The van der Waals surface area contributed by atoms with Gasteiger partial charge in [-0.15, -0.1) is 0 Å².